The Morgan fingerprint density at radius 2 is 1.12 bits per heavy atom. The second kappa shape index (κ2) is 9.03. The Bertz CT molecular complexity index is 2020. The third kappa shape index (κ3) is 3.60. The molecule has 1 aliphatic rings. The van der Waals surface area contributed by atoms with E-state index >= 15 is 0 Å². The van der Waals surface area contributed by atoms with Gasteiger partial charge >= 0.3 is 0 Å². The first-order valence-electron chi connectivity index (χ1n) is 13.2. The predicted molar refractivity (Wildman–Crippen MR) is 160 cm³/mol. The van der Waals surface area contributed by atoms with Gasteiger partial charge in [-0.25, -0.2) is 4.98 Å². The number of ether oxygens (including phenoxy) is 1. The summed E-state index contributed by atoms with van der Waals surface area (Å²) >= 11 is 0. The topological polar surface area (TPSA) is 52.8 Å². The van der Waals surface area contributed by atoms with Crippen LogP contribution in [0.3, 0.4) is 0 Å². The molecule has 0 saturated heterocycles. The van der Waals surface area contributed by atoms with E-state index in [2.05, 4.69) is 53.1 Å². The molecule has 0 atom stereocenters. The van der Waals surface area contributed by atoms with Crippen LogP contribution in [0.25, 0.3) is 62.7 Å². The summed E-state index contributed by atoms with van der Waals surface area (Å²) in [6.45, 7) is 0. The molecule has 0 saturated carbocycles. The van der Waals surface area contributed by atoms with Crippen molar-refractivity contribution in [2.45, 2.75) is 0 Å². The number of hydrogen-bond acceptors (Lipinski definition) is 4. The Kier molecular flexibility index (Phi) is 5.07. The summed E-state index contributed by atoms with van der Waals surface area (Å²) < 4.78 is 8.75. The highest BCUT2D eigenvalue weighted by Gasteiger charge is 2.22. The second-order valence-electron chi connectivity index (χ2n) is 9.72. The highest BCUT2D eigenvalue weighted by Crippen LogP contribution is 2.44. The predicted octanol–water partition coefficient (Wildman–Crippen LogP) is 8.58. The number of benzene rings is 5. The molecular formula is C35H22N4O. The number of para-hydroxylation sites is 2. The van der Waals surface area contributed by atoms with Gasteiger partial charge in [0.1, 0.15) is 11.5 Å². The lowest BCUT2D eigenvalue weighted by Crippen LogP contribution is -2.06. The number of aromatic nitrogens is 4. The molecule has 0 bridgehead atoms. The molecule has 40 heavy (non-hydrogen) atoms. The molecular weight excluding hydrogens is 492 g/mol. The summed E-state index contributed by atoms with van der Waals surface area (Å²) in [6.07, 6.45) is 4.23. The SMILES string of the molecule is C1=Cc2ccc3c(c2Oc2ccccc21)c1ccccc1n3-c1nc(-c2ccccc2)nc(-c2ccccc2)n1. The van der Waals surface area contributed by atoms with Crippen LogP contribution in [0.1, 0.15) is 11.1 Å². The minimum absolute atomic E-state index is 0.559. The van der Waals surface area contributed by atoms with Crippen LogP contribution in [0.4, 0.5) is 0 Å². The van der Waals surface area contributed by atoms with Crippen molar-refractivity contribution in [2.75, 3.05) is 0 Å². The van der Waals surface area contributed by atoms with E-state index in [0.29, 0.717) is 17.6 Å². The smallest absolute Gasteiger partial charge is 0.238 e. The Balaban J connectivity index is 1.43. The van der Waals surface area contributed by atoms with Gasteiger partial charge in [-0.15, -0.1) is 0 Å². The van der Waals surface area contributed by atoms with E-state index in [0.717, 1.165) is 55.6 Å². The molecule has 5 nitrogen and oxygen atoms in total. The summed E-state index contributed by atoms with van der Waals surface area (Å²) in [7, 11) is 0. The van der Waals surface area contributed by atoms with Crippen molar-refractivity contribution in [2.24, 2.45) is 0 Å². The lowest BCUT2D eigenvalue weighted by atomic mass is 10.1. The van der Waals surface area contributed by atoms with Crippen molar-refractivity contribution < 1.29 is 4.74 Å². The van der Waals surface area contributed by atoms with E-state index in [1.807, 2.05) is 84.9 Å². The fraction of sp³-hybridized carbons (Fsp3) is 0. The molecule has 5 heteroatoms. The zero-order valence-electron chi connectivity index (χ0n) is 21.4. The first-order valence-corrected chi connectivity index (χ1v) is 13.2. The molecule has 5 aromatic carbocycles. The van der Waals surface area contributed by atoms with E-state index in [9.17, 15) is 0 Å². The molecule has 3 heterocycles. The summed E-state index contributed by atoms with van der Waals surface area (Å²) in [5, 5.41) is 2.10. The third-order valence-electron chi connectivity index (χ3n) is 7.28. The summed E-state index contributed by atoms with van der Waals surface area (Å²) in [5.74, 6) is 3.47. The van der Waals surface area contributed by atoms with Crippen molar-refractivity contribution in [3.63, 3.8) is 0 Å². The van der Waals surface area contributed by atoms with Gasteiger partial charge in [-0.05, 0) is 24.3 Å². The van der Waals surface area contributed by atoms with E-state index in [4.69, 9.17) is 19.7 Å². The Hall–Kier alpha value is -5.55. The lowest BCUT2D eigenvalue weighted by Gasteiger charge is -2.12. The number of nitrogens with zero attached hydrogens (tertiary/aromatic N) is 4. The highest BCUT2D eigenvalue weighted by molar-refractivity contribution is 6.13. The molecule has 0 aliphatic carbocycles. The van der Waals surface area contributed by atoms with Crippen LogP contribution in [-0.2, 0) is 0 Å². The fourth-order valence-electron chi connectivity index (χ4n) is 5.40. The molecule has 188 valence electrons. The van der Waals surface area contributed by atoms with E-state index in [-0.39, 0.29) is 0 Å². The fourth-order valence-corrected chi connectivity index (χ4v) is 5.40. The van der Waals surface area contributed by atoms with E-state index in [1.54, 1.807) is 0 Å². The minimum Gasteiger partial charge on any atom is -0.455 e. The molecule has 8 rings (SSSR count). The van der Waals surface area contributed by atoms with Gasteiger partial charge in [0, 0.05) is 27.6 Å². The molecule has 0 fully saturated rings. The second-order valence-corrected chi connectivity index (χ2v) is 9.72. The van der Waals surface area contributed by atoms with Gasteiger partial charge in [0.05, 0.1) is 16.4 Å². The maximum atomic E-state index is 6.63. The first kappa shape index (κ1) is 22.4. The summed E-state index contributed by atoms with van der Waals surface area (Å²) in [5.41, 5.74) is 5.91. The highest BCUT2D eigenvalue weighted by atomic mass is 16.5. The molecule has 1 aliphatic heterocycles. The normalized spacial score (nSPS) is 12.1. The largest absolute Gasteiger partial charge is 0.455 e. The molecule has 0 unspecified atom stereocenters. The van der Waals surface area contributed by atoms with Crippen molar-refractivity contribution in [1.82, 2.24) is 19.5 Å². The maximum absolute atomic E-state index is 6.63. The van der Waals surface area contributed by atoms with Crippen molar-refractivity contribution in [3.8, 4) is 40.2 Å². The molecule has 2 aromatic heterocycles. The molecule has 0 spiro atoms. The van der Waals surface area contributed by atoms with Crippen molar-refractivity contribution >= 4 is 34.0 Å². The zero-order valence-corrected chi connectivity index (χ0v) is 21.4. The molecule has 0 amide bonds. The van der Waals surface area contributed by atoms with Gasteiger partial charge in [-0.3, -0.25) is 4.57 Å². The average molecular weight is 515 g/mol. The summed E-state index contributed by atoms with van der Waals surface area (Å²) in [6, 6.07) is 40.8. The van der Waals surface area contributed by atoms with E-state index < -0.39 is 0 Å². The lowest BCUT2D eigenvalue weighted by molar-refractivity contribution is 0.487. The van der Waals surface area contributed by atoms with Crippen molar-refractivity contribution in [3.05, 3.63) is 132 Å². The van der Waals surface area contributed by atoms with Crippen LogP contribution >= 0.6 is 0 Å². The van der Waals surface area contributed by atoms with Crippen LogP contribution in [0, 0.1) is 0 Å². The summed E-state index contributed by atoms with van der Waals surface area (Å²) in [4.78, 5) is 14.9. The third-order valence-corrected chi connectivity index (χ3v) is 7.28. The number of fused-ring (bicyclic) bond motifs is 6. The molecule has 0 N–H and O–H groups in total. The van der Waals surface area contributed by atoms with Crippen LogP contribution in [-0.4, -0.2) is 19.5 Å². The Morgan fingerprint density at radius 3 is 1.88 bits per heavy atom. The van der Waals surface area contributed by atoms with Gasteiger partial charge in [0.2, 0.25) is 5.95 Å². The zero-order chi connectivity index (χ0) is 26.5. The van der Waals surface area contributed by atoms with Gasteiger partial charge in [-0.1, -0.05) is 109 Å². The maximum Gasteiger partial charge on any atom is 0.238 e. The number of hydrogen-bond donors (Lipinski definition) is 0. The van der Waals surface area contributed by atoms with Gasteiger partial charge in [0.15, 0.2) is 11.6 Å². The minimum atomic E-state index is 0.559. The van der Waals surface area contributed by atoms with Gasteiger partial charge in [0.25, 0.3) is 0 Å². The van der Waals surface area contributed by atoms with Crippen LogP contribution in [0.2, 0.25) is 0 Å². The van der Waals surface area contributed by atoms with Gasteiger partial charge in [-0.2, -0.15) is 9.97 Å². The quantitative estimate of drug-likeness (QED) is 0.237. The monoisotopic (exact) mass is 514 g/mol. The van der Waals surface area contributed by atoms with E-state index in [1.165, 1.54) is 0 Å². The molecule has 0 radical (unpaired) electrons. The van der Waals surface area contributed by atoms with Gasteiger partial charge < -0.3 is 4.74 Å². The number of rotatable bonds is 3. The Labute approximate surface area is 230 Å². The van der Waals surface area contributed by atoms with Crippen molar-refractivity contribution in [1.29, 1.82) is 0 Å². The average Bonchev–Trinajstić information content (AvgIpc) is 3.24. The standard InChI is InChI=1S/C35H22N4O/c1-3-12-25(13-4-1)33-36-34(26-14-5-2-6-15-26)38-35(37-33)39-28-17-9-8-16-27(28)31-29(39)22-21-24-20-19-23-11-7-10-18-30(23)40-32(24)31/h1-22H. The van der Waals surface area contributed by atoms with Crippen LogP contribution in [0.15, 0.2) is 121 Å². The first-order chi connectivity index (χ1) is 19.8. The Morgan fingerprint density at radius 1 is 0.500 bits per heavy atom. The molecule has 7 aromatic rings. The van der Waals surface area contributed by atoms with Crippen LogP contribution in [0.5, 0.6) is 11.5 Å². The van der Waals surface area contributed by atoms with Crippen LogP contribution < -0.4 is 4.74 Å².